The maximum atomic E-state index is 10.3. The molecule has 0 radical (unpaired) electrons. The molecule has 0 aromatic heterocycles. The van der Waals surface area contributed by atoms with Gasteiger partial charge in [-0.05, 0) is 6.92 Å². The minimum atomic E-state index is -0.0805. The first-order chi connectivity index (χ1) is 3.68. The molecule has 46 valence electrons. The Morgan fingerprint density at radius 1 is 1.75 bits per heavy atom. The number of carbonyl (C=O) groups excluding carboxylic acids is 1. The molecule has 0 aliphatic rings. The number of hydrogen-bond donors (Lipinski definition) is 1. The SMILES string of the molecule is CC=CC(C)C(=O)S. The molecule has 0 saturated heterocycles. The van der Waals surface area contributed by atoms with Crippen LogP contribution in [0.25, 0.3) is 0 Å². The molecular weight excluding hydrogens is 120 g/mol. The fourth-order valence-electron chi connectivity index (χ4n) is 0.371. The molecule has 0 aromatic carbocycles. The Hall–Kier alpha value is -0.240. The molecule has 0 fully saturated rings. The molecular formula is C6H10OS. The van der Waals surface area contributed by atoms with Crippen LogP contribution in [-0.4, -0.2) is 5.12 Å². The monoisotopic (exact) mass is 130 g/mol. The van der Waals surface area contributed by atoms with E-state index in [1.807, 2.05) is 26.0 Å². The Kier molecular flexibility index (Phi) is 3.61. The lowest BCUT2D eigenvalue weighted by molar-refractivity contribution is -0.112. The van der Waals surface area contributed by atoms with Gasteiger partial charge >= 0.3 is 0 Å². The van der Waals surface area contributed by atoms with Crippen molar-refractivity contribution in [2.75, 3.05) is 0 Å². The second-order valence-electron chi connectivity index (χ2n) is 1.65. The maximum Gasteiger partial charge on any atom is 0.192 e. The van der Waals surface area contributed by atoms with Crippen molar-refractivity contribution in [3.05, 3.63) is 12.2 Å². The number of carbonyl (C=O) groups is 1. The van der Waals surface area contributed by atoms with E-state index in [0.29, 0.717) is 0 Å². The van der Waals surface area contributed by atoms with E-state index in [4.69, 9.17) is 0 Å². The molecule has 0 heterocycles. The van der Waals surface area contributed by atoms with Gasteiger partial charge in [0.15, 0.2) is 5.12 Å². The van der Waals surface area contributed by atoms with Crippen molar-refractivity contribution in [2.24, 2.45) is 5.92 Å². The van der Waals surface area contributed by atoms with Gasteiger partial charge < -0.3 is 0 Å². The average Bonchev–Trinajstić information content (AvgIpc) is 1.67. The Morgan fingerprint density at radius 3 is 2.38 bits per heavy atom. The first-order valence-electron chi connectivity index (χ1n) is 2.54. The van der Waals surface area contributed by atoms with Gasteiger partial charge in [-0.1, -0.05) is 19.1 Å². The van der Waals surface area contributed by atoms with E-state index in [2.05, 4.69) is 12.6 Å². The van der Waals surface area contributed by atoms with Crippen LogP contribution in [0.5, 0.6) is 0 Å². The molecule has 1 atom stereocenters. The average molecular weight is 130 g/mol. The Morgan fingerprint density at radius 2 is 2.25 bits per heavy atom. The van der Waals surface area contributed by atoms with Gasteiger partial charge in [0, 0.05) is 5.92 Å². The highest BCUT2D eigenvalue weighted by Gasteiger charge is 2.00. The van der Waals surface area contributed by atoms with Crippen LogP contribution in [0.15, 0.2) is 12.2 Å². The van der Waals surface area contributed by atoms with Crippen LogP contribution in [0.1, 0.15) is 13.8 Å². The summed E-state index contributed by atoms with van der Waals surface area (Å²) in [5.74, 6) is -0.0386. The summed E-state index contributed by atoms with van der Waals surface area (Å²) < 4.78 is 0. The van der Waals surface area contributed by atoms with Crippen LogP contribution in [-0.2, 0) is 4.79 Å². The van der Waals surface area contributed by atoms with Crippen molar-refractivity contribution in [3.63, 3.8) is 0 Å². The lowest BCUT2D eigenvalue weighted by Crippen LogP contribution is -1.98. The fraction of sp³-hybridized carbons (Fsp3) is 0.500. The molecule has 0 saturated carbocycles. The standard InChI is InChI=1S/C6H10OS/c1-3-4-5(2)6(7)8/h3-5H,1-2H3,(H,7,8). The van der Waals surface area contributed by atoms with Crippen LogP contribution in [0.2, 0.25) is 0 Å². The van der Waals surface area contributed by atoms with Crippen molar-refractivity contribution in [1.29, 1.82) is 0 Å². The third kappa shape index (κ3) is 2.86. The Balaban J connectivity index is 3.64. The Bertz CT molecular complexity index is 107. The first kappa shape index (κ1) is 7.76. The maximum absolute atomic E-state index is 10.3. The predicted octanol–water partition coefficient (Wildman–Crippen LogP) is 1.66. The molecule has 0 amide bonds. The molecule has 0 aliphatic heterocycles. The molecule has 2 heteroatoms. The van der Waals surface area contributed by atoms with Crippen molar-refractivity contribution in [1.82, 2.24) is 0 Å². The van der Waals surface area contributed by atoms with Crippen molar-refractivity contribution >= 4 is 17.7 Å². The third-order valence-corrected chi connectivity index (χ3v) is 1.28. The zero-order chi connectivity index (χ0) is 6.57. The Labute approximate surface area is 55.2 Å². The minimum Gasteiger partial charge on any atom is -0.287 e. The topological polar surface area (TPSA) is 17.1 Å². The minimum absolute atomic E-state index is 0.0386. The summed E-state index contributed by atoms with van der Waals surface area (Å²) in [5, 5.41) is -0.0805. The smallest absolute Gasteiger partial charge is 0.192 e. The van der Waals surface area contributed by atoms with E-state index in [1.165, 1.54) is 0 Å². The summed E-state index contributed by atoms with van der Waals surface area (Å²) in [7, 11) is 0. The van der Waals surface area contributed by atoms with E-state index in [9.17, 15) is 4.79 Å². The zero-order valence-corrected chi connectivity index (χ0v) is 5.98. The summed E-state index contributed by atoms with van der Waals surface area (Å²) in [4.78, 5) is 10.3. The lowest BCUT2D eigenvalue weighted by Gasteiger charge is -1.94. The normalized spacial score (nSPS) is 14.4. The molecule has 0 aromatic rings. The highest BCUT2D eigenvalue weighted by molar-refractivity contribution is 7.96. The van der Waals surface area contributed by atoms with Gasteiger partial charge in [-0.15, -0.1) is 12.6 Å². The molecule has 1 unspecified atom stereocenters. The highest BCUT2D eigenvalue weighted by Crippen LogP contribution is 2.00. The largest absolute Gasteiger partial charge is 0.287 e. The molecule has 0 bridgehead atoms. The van der Waals surface area contributed by atoms with Crippen LogP contribution in [0, 0.1) is 5.92 Å². The number of rotatable bonds is 2. The first-order valence-corrected chi connectivity index (χ1v) is 2.98. The predicted molar refractivity (Wildman–Crippen MR) is 38.0 cm³/mol. The van der Waals surface area contributed by atoms with Gasteiger partial charge in [0.25, 0.3) is 0 Å². The van der Waals surface area contributed by atoms with Gasteiger partial charge in [0.2, 0.25) is 0 Å². The van der Waals surface area contributed by atoms with Crippen molar-refractivity contribution in [2.45, 2.75) is 13.8 Å². The van der Waals surface area contributed by atoms with Crippen LogP contribution < -0.4 is 0 Å². The number of hydrogen-bond acceptors (Lipinski definition) is 1. The van der Waals surface area contributed by atoms with Crippen LogP contribution >= 0.6 is 12.6 Å². The summed E-state index contributed by atoms with van der Waals surface area (Å²) in [6.07, 6.45) is 3.66. The highest BCUT2D eigenvalue weighted by atomic mass is 32.1. The molecule has 1 nitrogen and oxygen atoms in total. The van der Waals surface area contributed by atoms with Crippen LogP contribution in [0.3, 0.4) is 0 Å². The van der Waals surface area contributed by atoms with E-state index >= 15 is 0 Å². The molecule has 8 heavy (non-hydrogen) atoms. The van der Waals surface area contributed by atoms with Crippen molar-refractivity contribution < 1.29 is 4.79 Å². The van der Waals surface area contributed by atoms with Gasteiger partial charge in [-0.2, -0.15) is 0 Å². The van der Waals surface area contributed by atoms with E-state index in [-0.39, 0.29) is 11.0 Å². The van der Waals surface area contributed by atoms with E-state index < -0.39 is 0 Å². The fourth-order valence-corrected chi connectivity index (χ4v) is 0.457. The zero-order valence-electron chi connectivity index (χ0n) is 5.09. The number of allylic oxidation sites excluding steroid dienone is 2. The van der Waals surface area contributed by atoms with Gasteiger partial charge in [0.05, 0.1) is 0 Å². The molecule has 0 N–H and O–H groups in total. The molecule has 0 rings (SSSR count). The second-order valence-corrected chi connectivity index (χ2v) is 2.09. The summed E-state index contributed by atoms with van der Waals surface area (Å²) in [6.45, 7) is 3.70. The van der Waals surface area contributed by atoms with Gasteiger partial charge in [0.1, 0.15) is 0 Å². The lowest BCUT2D eigenvalue weighted by atomic mass is 10.2. The van der Waals surface area contributed by atoms with Crippen LogP contribution in [0.4, 0.5) is 0 Å². The van der Waals surface area contributed by atoms with Gasteiger partial charge in [-0.3, -0.25) is 4.79 Å². The molecule has 0 aliphatic carbocycles. The number of thiol groups is 1. The quantitative estimate of drug-likeness (QED) is 0.444. The third-order valence-electron chi connectivity index (χ3n) is 0.871. The summed E-state index contributed by atoms with van der Waals surface area (Å²) in [6, 6.07) is 0. The van der Waals surface area contributed by atoms with E-state index in [0.717, 1.165) is 0 Å². The van der Waals surface area contributed by atoms with Crippen molar-refractivity contribution in [3.8, 4) is 0 Å². The molecule has 0 spiro atoms. The summed E-state index contributed by atoms with van der Waals surface area (Å²) in [5.41, 5.74) is 0. The van der Waals surface area contributed by atoms with E-state index in [1.54, 1.807) is 0 Å². The second kappa shape index (κ2) is 3.72. The van der Waals surface area contributed by atoms with Gasteiger partial charge in [-0.25, -0.2) is 0 Å². The summed E-state index contributed by atoms with van der Waals surface area (Å²) >= 11 is 3.64.